The van der Waals surface area contributed by atoms with E-state index in [1.54, 1.807) is 5.38 Å². The zero-order valence-electron chi connectivity index (χ0n) is 15.5. The minimum atomic E-state index is -4.43. The smallest absolute Gasteiger partial charge is 0.416 e. The number of carbonyl (C=O) groups is 3. The van der Waals surface area contributed by atoms with Crippen molar-refractivity contribution in [1.29, 1.82) is 0 Å². The van der Waals surface area contributed by atoms with E-state index < -0.39 is 42.7 Å². The van der Waals surface area contributed by atoms with Gasteiger partial charge in [0.15, 0.2) is 0 Å². The van der Waals surface area contributed by atoms with Crippen molar-refractivity contribution in [1.82, 2.24) is 9.88 Å². The Bertz CT molecular complexity index is 862. The second kappa shape index (κ2) is 9.50. The van der Waals surface area contributed by atoms with Crippen molar-refractivity contribution in [2.45, 2.75) is 12.6 Å². The molecule has 29 heavy (non-hydrogen) atoms. The molecular weight excluding hydrogens is 413 g/mol. The Kier molecular flexibility index (Phi) is 7.32. The van der Waals surface area contributed by atoms with E-state index in [-0.39, 0.29) is 6.42 Å². The van der Waals surface area contributed by atoms with Crippen molar-refractivity contribution in [2.75, 3.05) is 27.3 Å². The van der Waals surface area contributed by atoms with E-state index in [0.717, 1.165) is 42.6 Å². The van der Waals surface area contributed by atoms with Crippen LogP contribution in [-0.4, -0.2) is 55.0 Å². The summed E-state index contributed by atoms with van der Waals surface area (Å²) in [4.78, 5) is 40.6. The molecule has 7 nitrogen and oxygen atoms in total. The Morgan fingerprint density at radius 2 is 1.59 bits per heavy atom. The lowest BCUT2D eigenvalue weighted by molar-refractivity contribution is -0.151. The summed E-state index contributed by atoms with van der Waals surface area (Å²) in [5.41, 5.74) is 0.0618. The number of rotatable bonds is 7. The largest absolute Gasteiger partial charge is 0.468 e. The molecule has 0 fully saturated rings. The highest BCUT2D eigenvalue weighted by Crippen LogP contribution is 2.31. The first-order valence-corrected chi connectivity index (χ1v) is 9.05. The number of aromatic nitrogens is 1. The highest BCUT2D eigenvalue weighted by Gasteiger charge is 2.30. The van der Waals surface area contributed by atoms with E-state index in [1.165, 1.54) is 12.1 Å². The third kappa shape index (κ3) is 6.28. The van der Waals surface area contributed by atoms with Gasteiger partial charge < -0.3 is 14.4 Å². The van der Waals surface area contributed by atoms with Crippen LogP contribution in [0.4, 0.5) is 13.2 Å². The summed E-state index contributed by atoms with van der Waals surface area (Å²) in [6.07, 6.45) is -4.63. The molecule has 2 aromatic rings. The van der Waals surface area contributed by atoms with E-state index in [9.17, 15) is 27.6 Å². The average Bonchev–Trinajstić information content (AvgIpc) is 3.14. The summed E-state index contributed by atoms with van der Waals surface area (Å²) in [6, 6.07) is 4.51. The molecule has 0 aliphatic carbocycles. The van der Waals surface area contributed by atoms with Crippen LogP contribution < -0.4 is 0 Å². The van der Waals surface area contributed by atoms with Crippen LogP contribution in [0, 0.1) is 0 Å². The Balaban J connectivity index is 2.11. The molecule has 0 bridgehead atoms. The number of methoxy groups -OCH3 is 2. The molecule has 1 aromatic carbocycles. The van der Waals surface area contributed by atoms with Gasteiger partial charge in [-0.25, -0.2) is 4.98 Å². The molecule has 0 atom stereocenters. The van der Waals surface area contributed by atoms with Crippen molar-refractivity contribution < 1.29 is 37.0 Å². The molecule has 0 N–H and O–H groups in total. The topological polar surface area (TPSA) is 85.8 Å². The third-order valence-electron chi connectivity index (χ3n) is 3.79. The normalized spacial score (nSPS) is 11.1. The van der Waals surface area contributed by atoms with Gasteiger partial charge in [-0.2, -0.15) is 13.2 Å². The van der Waals surface area contributed by atoms with Gasteiger partial charge in [-0.05, 0) is 12.1 Å². The highest BCUT2D eigenvalue weighted by atomic mass is 32.1. The molecule has 0 aliphatic heterocycles. The monoisotopic (exact) mass is 430 g/mol. The van der Waals surface area contributed by atoms with Crippen molar-refractivity contribution in [2.24, 2.45) is 0 Å². The number of amides is 1. The maximum atomic E-state index is 12.7. The zero-order chi connectivity index (χ0) is 21.6. The third-order valence-corrected chi connectivity index (χ3v) is 4.73. The van der Waals surface area contributed by atoms with Crippen LogP contribution >= 0.6 is 11.3 Å². The van der Waals surface area contributed by atoms with Crippen LogP contribution in [0.3, 0.4) is 0 Å². The van der Waals surface area contributed by atoms with E-state index >= 15 is 0 Å². The first kappa shape index (κ1) is 22.3. The summed E-state index contributed by atoms with van der Waals surface area (Å²) in [5, 5.41) is 2.02. The summed E-state index contributed by atoms with van der Waals surface area (Å²) in [5.74, 6) is -1.96. The number of benzene rings is 1. The van der Waals surface area contributed by atoms with Crippen LogP contribution in [0.25, 0.3) is 10.6 Å². The summed E-state index contributed by atoms with van der Waals surface area (Å²) in [6.45, 7) is -0.860. The second-order valence-electron chi connectivity index (χ2n) is 5.80. The number of nitrogens with zero attached hydrogens (tertiary/aromatic N) is 2. The quantitative estimate of drug-likeness (QED) is 0.628. The van der Waals surface area contributed by atoms with Crippen LogP contribution in [0.5, 0.6) is 0 Å². The number of esters is 2. The molecule has 0 radical (unpaired) electrons. The first-order valence-electron chi connectivity index (χ1n) is 8.17. The van der Waals surface area contributed by atoms with Gasteiger partial charge in [0, 0.05) is 10.9 Å². The standard InChI is InChI=1S/C18H17F3N2O5S/c1-27-15(25)8-23(9-16(26)28-2)14(24)7-13-10-29-17(22-13)11-3-5-12(6-4-11)18(19,20)21/h3-6,10H,7-9H2,1-2H3. The Morgan fingerprint density at radius 3 is 2.07 bits per heavy atom. The molecule has 1 heterocycles. The van der Waals surface area contributed by atoms with Gasteiger partial charge in [-0.15, -0.1) is 11.3 Å². The van der Waals surface area contributed by atoms with Gasteiger partial charge >= 0.3 is 18.1 Å². The van der Waals surface area contributed by atoms with Gasteiger partial charge in [0.1, 0.15) is 18.1 Å². The van der Waals surface area contributed by atoms with Crippen molar-refractivity contribution >= 4 is 29.2 Å². The van der Waals surface area contributed by atoms with Gasteiger partial charge in [-0.1, -0.05) is 12.1 Å². The van der Waals surface area contributed by atoms with Crippen LogP contribution in [-0.2, 0) is 36.5 Å². The van der Waals surface area contributed by atoms with Crippen molar-refractivity contribution in [3.63, 3.8) is 0 Å². The molecule has 1 amide bonds. The fourth-order valence-electron chi connectivity index (χ4n) is 2.26. The minimum Gasteiger partial charge on any atom is -0.468 e. The van der Waals surface area contributed by atoms with Crippen molar-refractivity contribution in [3.8, 4) is 10.6 Å². The molecule has 2 rings (SSSR count). The predicted octanol–water partition coefficient (Wildman–Crippen LogP) is 2.55. The fraction of sp³-hybridized carbons (Fsp3) is 0.333. The molecule has 0 unspecified atom stereocenters. The molecular formula is C18H17F3N2O5S. The number of ether oxygens (including phenoxy) is 2. The Morgan fingerprint density at radius 1 is 1.03 bits per heavy atom. The minimum absolute atomic E-state index is 0.203. The van der Waals surface area contributed by atoms with Gasteiger partial charge in [0.2, 0.25) is 5.91 Å². The number of thiazole rings is 1. The lowest BCUT2D eigenvalue weighted by atomic mass is 10.1. The van der Waals surface area contributed by atoms with Crippen LogP contribution in [0.15, 0.2) is 29.6 Å². The van der Waals surface area contributed by atoms with Gasteiger partial charge in [0.25, 0.3) is 0 Å². The summed E-state index contributed by atoms with van der Waals surface area (Å²) >= 11 is 1.16. The van der Waals surface area contributed by atoms with Crippen LogP contribution in [0.2, 0.25) is 0 Å². The lowest BCUT2D eigenvalue weighted by Gasteiger charge is -2.19. The Labute approximate surface area is 168 Å². The molecule has 156 valence electrons. The molecule has 0 saturated heterocycles. The van der Waals surface area contributed by atoms with E-state index in [1.807, 2.05) is 0 Å². The zero-order valence-corrected chi connectivity index (χ0v) is 16.3. The number of hydrogen-bond donors (Lipinski definition) is 0. The molecule has 1 aromatic heterocycles. The molecule has 0 spiro atoms. The molecule has 11 heteroatoms. The fourth-order valence-corrected chi connectivity index (χ4v) is 3.09. The van der Waals surface area contributed by atoms with E-state index in [2.05, 4.69) is 14.5 Å². The van der Waals surface area contributed by atoms with Crippen molar-refractivity contribution in [3.05, 3.63) is 40.9 Å². The van der Waals surface area contributed by atoms with E-state index in [4.69, 9.17) is 0 Å². The van der Waals surface area contributed by atoms with Gasteiger partial charge in [0.05, 0.1) is 31.9 Å². The lowest BCUT2D eigenvalue weighted by Crippen LogP contribution is -2.41. The second-order valence-corrected chi connectivity index (χ2v) is 6.66. The van der Waals surface area contributed by atoms with E-state index in [0.29, 0.717) is 16.3 Å². The SMILES string of the molecule is COC(=O)CN(CC(=O)OC)C(=O)Cc1csc(-c2ccc(C(F)(F)F)cc2)n1. The Hall–Kier alpha value is -2.95. The number of alkyl halides is 3. The molecule has 0 aliphatic rings. The summed E-state index contributed by atoms with van der Waals surface area (Å²) < 4.78 is 47.0. The first-order chi connectivity index (χ1) is 13.6. The predicted molar refractivity (Wildman–Crippen MR) is 96.9 cm³/mol. The number of carbonyl (C=O) groups excluding carboxylic acids is 3. The maximum Gasteiger partial charge on any atom is 0.416 e. The number of hydrogen-bond acceptors (Lipinski definition) is 7. The number of halogens is 3. The summed E-state index contributed by atoms with van der Waals surface area (Å²) in [7, 11) is 2.31. The molecule has 0 saturated carbocycles. The van der Waals surface area contributed by atoms with Crippen LogP contribution in [0.1, 0.15) is 11.3 Å². The maximum absolute atomic E-state index is 12.7. The van der Waals surface area contributed by atoms with Gasteiger partial charge in [-0.3, -0.25) is 14.4 Å². The average molecular weight is 430 g/mol. The highest BCUT2D eigenvalue weighted by molar-refractivity contribution is 7.13.